The summed E-state index contributed by atoms with van der Waals surface area (Å²) in [5, 5.41) is 0. The van der Waals surface area contributed by atoms with Crippen molar-refractivity contribution in [3.8, 4) is 0 Å². The van der Waals surface area contributed by atoms with Gasteiger partial charge in [0.05, 0.1) is 4.90 Å². The highest BCUT2D eigenvalue weighted by molar-refractivity contribution is 7.89. The molecular weight excluding hydrogens is 260 g/mol. The standard InChI is InChI=1S/C14H22N2O2S/c1-16(11-13-4-2-3-5-13)19(17,18)14-8-6-12(10-15)7-9-14/h6-9,13H,2-5,10-11,15H2,1H3. The number of hydrogen-bond donors (Lipinski definition) is 1. The lowest BCUT2D eigenvalue weighted by molar-refractivity contribution is 0.387. The van der Waals surface area contributed by atoms with Gasteiger partial charge in [-0.2, -0.15) is 0 Å². The van der Waals surface area contributed by atoms with Gasteiger partial charge in [0.1, 0.15) is 0 Å². The maximum atomic E-state index is 12.4. The third kappa shape index (κ3) is 3.35. The molecule has 0 radical (unpaired) electrons. The van der Waals surface area contributed by atoms with Crippen LogP contribution in [-0.4, -0.2) is 26.3 Å². The monoisotopic (exact) mass is 282 g/mol. The molecule has 106 valence electrons. The first-order chi connectivity index (χ1) is 9.04. The Morgan fingerprint density at radius 3 is 2.32 bits per heavy atom. The number of hydrogen-bond acceptors (Lipinski definition) is 3. The van der Waals surface area contributed by atoms with Crippen molar-refractivity contribution in [1.82, 2.24) is 4.31 Å². The van der Waals surface area contributed by atoms with Gasteiger partial charge in [0.15, 0.2) is 0 Å². The predicted octanol–water partition coefficient (Wildman–Crippen LogP) is 1.96. The summed E-state index contributed by atoms with van der Waals surface area (Å²) in [7, 11) is -1.69. The Morgan fingerprint density at radius 1 is 1.21 bits per heavy atom. The summed E-state index contributed by atoms with van der Waals surface area (Å²) in [6.07, 6.45) is 4.74. The van der Waals surface area contributed by atoms with E-state index in [-0.39, 0.29) is 0 Å². The summed E-state index contributed by atoms with van der Waals surface area (Å²) in [6.45, 7) is 1.05. The van der Waals surface area contributed by atoms with Crippen LogP contribution in [0.3, 0.4) is 0 Å². The first-order valence-electron chi connectivity index (χ1n) is 6.79. The summed E-state index contributed by atoms with van der Waals surface area (Å²) in [4.78, 5) is 0.352. The highest BCUT2D eigenvalue weighted by Gasteiger charge is 2.25. The van der Waals surface area contributed by atoms with E-state index in [4.69, 9.17) is 5.73 Å². The molecule has 0 unspecified atom stereocenters. The molecule has 1 saturated carbocycles. The van der Waals surface area contributed by atoms with Crippen LogP contribution in [-0.2, 0) is 16.6 Å². The SMILES string of the molecule is CN(CC1CCCC1)S(=O)(=O)c1ccc(CN)cc1. The van der Waals surface area contributed by atoms with Gasteiger partial charge < -0.3 is 5.73 Å². The zero-order valence-corrected chi connectivity index (χ0v) is 12.2. The highest BCUT2D eigenvalue weighted by Crippen LogP contribution is 2.27. The van der Waals surface area contributed by atoms with Gasteiger partial charge in [-0.15, -0.1) is 0 Å². The molecule has 2 rings (SSSR count). The lowest BCUT2D eigenvalue weighted by atomic mass is 10.1. The molecule has 0 bridgehead atoms. The van der Waals surface area contributed by atoms with Crippen molar-refractivity contribution in [2.24, 2.45) is 11.7 Å². The zero-order valence-electron chi connectivity index (χ0n) is 11.4. The van der Waals surface area contributed by atoms with Gasteiger partial charge in [-0.25, -0.2) is 12.7 Å². The van der Waals surface area contributed by atoms with Crippen LogP contribution < -0.4 is 5.73 Å². The summed E-state index contributed by atoms with van der Waals surface area (Å²) in [5.74, 6) is 0.517. The Balaban J connectivity index is 2.10. The van der Waals surface area contributed by atoms with Gasteiger partial charge in [-0.05, 0) is 36.5 Å². The normalized spacial score (nSPS) is 17.2. The van der Waals surface area contributed by atoms with Crippen molar-refractivity contribution in [3.05, 3.63) is 29.8 Å². The molecule has 0 saturated heterocycles. The summed E-state index contributed by atoms with van der Waals surface area (Å²) in [6, 6.07) is 6.83. The van der Waals surface area contributed by atoms with Gasteiger partial charge in [0.2, 0.25) is 10.0 Å². The molecule has 0 heterocycles. The molecule has 0 aliphatic heterocycles. The number of sulfonamides is 1. The van der Waals surface area contributed by atoms with E-state index in [9.17, 15) is 8.42 Å². The Hall–Kier alpha value is -0.910. The molecule has 5 heteroatoms. The van der Waals surface area contributed by atoms with E-state index in [1.54, 1.807) is 31.3 Å². The third-order valence-electron chi connectivity index (χ3n) is 3.86. The number of rotatable bonds is 5. The van der Waals surface area contributed by atoms with Crippen molar-refractivity contribution in [1.29, 1.82) is 0 Å². The average Bonchev–Trinajstić information content (AvgIpc) is 2.91. The van der Waals surface area contributed by atoms with Crippen LogP contribution in [0.5, 0.6) is 0 Å². The van der Waals surface area contributed by atoms with E-state index in [1.165, 1.54) is 17.1 Å². The van der Waals surface area contributed by atoms with E-state index >= 15 is 0 Å². The fraction of sp³-hybridized carbons (Fsp3) is 0.571. The van der Waals surface area contributed by atoms with Crippen molar-refractivity contribution < 1.29 is 8.42 Å². The second-order valence-electron chi connectivity index (χ2n) is 5.28. The molecule has 1 aliphatic rings. The number of nitrogens with two attached hydrogens (primary N) is 1. The molecule has 1 aromatic rings. The minimum absolute atomic E-state index is 0.352. The lowest BCUT2D eigenvalue weighted by Gasteiger charge is -2.20. The maximum absolute atomic E-state index is 12.4. The summed E-state index contributed by atoms with van der Waals surface area (Å²) in [5.41, 5.74) is 6.46. The first-order valence-corrected chi connectivity index (χ1v) is 8.23. The molecule has 2 N–H and O–H groups in total. The minimum Gasteiger partial charge on any atom is -0.326 e. The Morgan fingerprint density at radius 2 is 1.79 bits per heavy atom. The van der Waals surface area contributed by atoms with Crippen LogP contribution in [0.4, 0.5) is 0 Å². The third-order valence-corrected chi connectivity index (χ3v) is 5.69. The summed E-state index contributed by atoms with van der Waals surface area (Å²) >= 11 is 0. The quantitative estimate of drug-likeness (QED) is 0.898. The van der Waals surface area contributed by atoms with Crippen LogP contribution in [0, 0.1) is 5.92 Å². The van der Waals surface area contributed by atoms with E-state index in [0.29, 0.717) is 23.9 Å². The average molecular weight is 282 g/mol. The van der Waals surface area contributed by atoms with E-state index in [0.717, 1.165) is 18.4 Å². The maximum Gasteiger partial charge on any atom is 0.242 e. The smallest absolute Gasteiger partial charge is 0.242 e. The largest absolute Gasteiger partial charge is 0.326 e. The van der Waals surface area contributed by atoms with Crippen molar-refractivity contribution in [3.63, 3.8) is 0 Å². The highest BCUT2D eigenvalue weighted by atomic mass is 32.2. The first kappa shape index (κ1) is 14.5. The van der Waals surface area contributed by atoms with Gasteiger partial charge in [-0.1, -0.05) is 25.0 Å². The van der Waals surface area contributed by atoms with Crippen LogP contribution >= 0.6 is 0 Å². The van der Waals surface area contributed by atoms with Crippen LogP contribution in [0.2, 0.25) is 0 Å². The second-order valence-corrected chi connectivity index (χ2v) is 7.33. The van der Waals surface area contributed by atoms with Crippen LogP contribution in [0.1, 0.15) is 31.2 Å². The topological polar surface area (TPSA) is 63.4 Å². The fourth-order valence-electron chi connectivity index (χ4n) is 2.63. The molecule has 0 aromatic heterocycles. The van der Waals surface area contributed by atoms with Gasteiger partial charge in [-0.3, -0.25) is 0 Å². The Bertz CT molecular complexity index is 505. The molecule has 1 aliphatic carbocycles. The van der Waals surface area contributed by atoms with Crippen LogP contribution in [0.25, 0.3) is 0 Å². The minimum atomic E-state index is -3.36. The predicted molar refractivity (Wildman–Crippen MR) is 76.1 cm³/mol. The van der Waals surface area contributed by atoms with Crippen LogP contribution in [0.15, 0.2) is 29.2 Å². The van der Waals surface area contributed by atoms with E-state index in [2.05, 4.69) is 0 Å². The molecule has 0 amide bonds. The van der Waals surface area contributed by atoms with Crippen molar-refractivity contribution >= 4 is 10.0 Å². The Labute approximate surface area is 115 Å². The zero-order chi connectivity index (χ0) is 13.9. The lowest BCUT2D eigenvalue weighted by Crippen LogP contribution is -2.31. The molecule has 0 atom stereocenters. The van der Waals surface area contributed by atoms with E-state index in [1.807, 2.05) is 0 Å². The molecule has 4 nitrogen and oxygen atoms in total. The Kier molecular flexibility index (Phi) is 4.60. The van der Waals surface area contributed by atoms with E-state index < -0.39 is 10.0 Å². The van der Waals surface area contributed by atoms with Gasteiger partial charge >= 0.3 is 0 Å². The number of nitrogens with zero attached hydrogens (tertiary/aromatic N) is 1. The summed E-state index contributed by atoms with van der Waals surface area (Å²) < 4.78 is 26.3. The van der Waals surface area contributed by atoms with Gasteiger partial charge in [0.25, 0.3) is 0 Å². The fourth-order valence-corrected chi connectivity index (χ4v) is 3.88. The molecule has 19 heavy (non-hydrogen) atoms. The molecule has 1 fully saturated rings. The second kappa shape index (κ2) is 6.03. The van der Waals surface area contributed by atoms with Crippen molar-refractivity contribution in [2.75, 3.05) is 13.6 Å². The molecule has 0 spiro atoms. The molecule has 1 aromatic carbocycles. The number of benzene rings is 1. The van der Waals surface area contributed by atoms with Crippen molar-refractivity contribution in [2.45, 2.75) is 37.1 Å². The van der Waals surface area contributed by atoms with Gasteiger partial charge in [0, 0.05) is 20.1 Å². The molecular formula is C14H22N2O2S.